The maximum absolute atomic E-state index is 6.30. The number of nitrogens with one attached hydrogen (secondary N) is 1. The van der Waals surface area contributed by atoms with Crippen LogP contribution < -0.4 is 5.32 Å². The first-order chi connectivity index (χ1) is 9.24. The number of halogens is 1. The molecule has 1 aromatic heterocycles. The minimum Gasteiger partial charge on any atom is -0.368 e. The summed E-state index contributed by atoms with van der Waals surface area (Å²) < 4.78 is 0. The number of fused-ring (bicyclic) bond motifs is 1. The number of hydrogen-bond acceptors (Lipinski definition) is 3. The zero-order valence-electron chi connectivity index (χ0n) is 11.1. The topological polar surface area (TPSA) is 37.8 Å². The van der Waals surface area contributed by atoms with Crippen LogP contribution >= 0.6 is 11.6 Å². The van der Waals surface area contributed by atoms with Crippen molar-refractivity contribution in [3.63, 3.8) is 0 Å². The number of aryl methyl sites for hydroxylation is 1. The molecule has 1 N–H and O–H groups in total. The third kappa shape index (κ3) is 2.66. The maximum Gasteiger partial charge on any atom is 0.148 e. The van der Waals surface area contributed by atoms with Gasteiger partial charge >= 0.3 is 0 Å². The second kappa shape index (κ2) is 5.33. The third-order valence-electron chi connectivity index (χ3n) is 3.84. The third-order valence-corrected chi connectivity index (χ3v) is 4.42. The Labute approximate surface area is 118 Å². The van der Waals surface area contributed by atoms with E-state index in [-0.39, 0.29) is 0 Å². The van der Waals surface area contributed by atoms with Crippen molar-refractivity contribution in [1.29, 1.82) is 0 Å². The van der Waals surface area contributed by atoms with Crippen LogP contribution in [-0.2, 0) is 0 Å². The lowest BCUT2D eigenvalue weighted by Crippen LogP contribution is -2.19. The summed E-state index contributed by atoms with van der Waals surface area (Å²) in [7, 11) is 0. The van der Waals surface area contributed by atoms with Crippen LogP contribution in [0.3, 0.4) is 0 Å². The summed E-state index contributed by atoms with van der Waals surface area (Å²) in [5.41, 5.74) is 2.83. The monoisotopic (exact) mass is 275 g/mol. The molecule has 0 radical (unpaired) electrons. The molecule has 1 saturated carbocycles. The summed E-state index contributed by atoms with van der Waals surface area (Å²) in [6.07, 6.45) is 3.58. The molecule has 3 nitrogen and oxygen atoms in total. The van der Waals surface area contributed by atoms with Crippen LogP contribution in [0.1, 0.15) is 25.0 Å². The molecule has 1 aliphatic rings. The van der Waals surface area contributed by atoms with Gasteiger partial charge in [-0.15, -0.1) is 11.6 Å². The summed E-state index contributed by atoms with van der Waals surface area (Å²) in [6, 6.07) is 7.96. The summed E-state index contributed by atoms with van der Waals surface area (Å²) in [6.45, 7) is 2.89. The largest absolute Gasteiger partial charge is 0.368 e. The SMILES string of the molecule is Cc1nc2ccccc2nc1NCC1CCCC1Cl. The van der Waals surface area contributed by atoms with Gasteiger partial charge in [0.25, 0.3) is 0 Å². The van der Waals surface area contributed by atoms with Gasteiger partial charge in [0, 0.05) is 11.9 Å². The van der Waals surface area contributed by atoms with E-state index in [4.69, 9.17) is 11.6 Å². The molecule has 0 bridgehead atoms. The van der Waals surface area contributed by atoms with Gasteiger partial charge in [-0.05, 0) is 37.8 Å². The van der Waals surface area contributed by atoms with E-state index in [2.05, 4.69) is 15.3 Å². The molecule has 2 aromatic rings. The average Bonchev–Trinajstić information content (AvgIpc) is 2.82. The van der Waals surface area contributed by atoms with Gasteiger partial charge in [-0.2, -0.15) is 0 Å². The number of hydrogen-bond donors (Lipinski definition) is 1. The van der Waals surface area contributed by atoms with Crippen LogP contribution in [0.25, 0.3) is 11.0 Å². The Morgan fingerprint density at radius 3 is 2.63 bits per heavy atom. The van der Waals surface area contributed by atoms with Crippen molar-refractivity contribution in [2.75, 3.05) is 11.9 Å². The van der Waals surface area contributed by atoms with Crippen LogP contribution in [-0.4, -0.2) is 21.9 Å². The van der Waals surface area contributed by atoms with Gasteiger partial charge in [-0.3, -0.25) is 0 Å². The number of alkyl halides is 1. The molecular formula is C15H18ClN3. The fraction of sp³-hybridized carbons (Fsp3) is 0.467. The van der Waals surface area contributed by atoms with E-state index in [0.29, 0.717) is 11.3 Å². The van der Waals surface area contributed by atoms with Crippen LogP contribution in [0, 0.1) is 12.8 Å². The summed E-state index contributed by atoms with van der Waals surface area (Å²) >= 11 is 6.30. The van der Waals surface area contributed by atoms with Gasteiger partial charge in [-0.25, -0.2) is 9.97 Å². The van der Waals surface area contributed by atoms with Crippen molar-refractivity contribution in [3.8, 4) is 0 Å². The summed E-state index contributed by atoms with van der Waals surface area (Å²) in [4.78, 5) is 9.23. The van der Waals surface area contributed by atoms with Crippen molar-refractivity contribution in [3.05, 3.63) is 30.0 Å². The molecule has 1 aliphatic carbocycles. The van der Waals surface area contributed by atoms with Gasteiger partial charge in [0.1, 0.15) is 5.82 Å². The van der Waals surface area contributed by atoms with E-state index in [9.17, 15) is 0 Å². The molecule has 0 aliphatic heterocycles. The molecule has 1 aromatic carbocycles. The van der Waals surface area contributed by atoms with Gasteiger partial charge in [0.15, 0.2) is 0 Å². The molecule has 0 saturated heterocycles. The molecule has 0 spiro atoms. The number of rotatable bonds is 3. The predicted molar refractivity (Wildman–Crippen MR) is 79.7 cm³/mol. The zero-order chi connectivity index (χ0) is 13.2. The first-order valence-electron chi connectivity index (χ1n) is 6.85. The second-order valence-electron chi connectivity index (χ2n) is 5.23. The van der Waals surface area contributed by atoms with E-state index < -0.39 is 0 Å². The minimum atomic E-state index is 0.307. The first-order valence-corrected chi connectivity index (χ1v) is 7.29. The van der Waals surface area contributed by atoms with Gasteiger partial charge in [-0.1, -0.05) is 18.6 Å². The quantitative estimate of drug-likeness (QED) is 0.867. The molecule has 1 heterocycles. The Bertz CT molecular complexity index is 585. The second-order valence-corrected chi connectivity index (χ2v) is 5.79. The number of aromatic nitrogens is 2. The molecule has 2 atom stereocenters. The standard InChI is InChI=1S/C15H18ClN3/c1-10-15(17-9-11-5-4-6-12(11)16)19-14-8-3-2-7-13(14)18-10/h2-3,7-8,11-12H,4-6,9H2,1H3,(H,17,19). The van der Waals surface area contributed by atoms with Crippen LogP contribution in [0.15, 0.2) is 24.3 Å². The molecule has 2 unspecified atom stereocenters. The summed E-state index contributed by atoms with van der Waals surface area (Å²) in [5, 5.41) is 3.73. The fourth-order valence-electron chi connectivity index (χ4n) is 2.70. The predicted octanol–water partition coefficient (Wildman–Crippen LogP) is 3.76. The van der Waals surface area contributed by atoms with Crippen molar-refractivity contribution < 1.29 is 0 Å². The smallest absolute Gasteiger partial charge is 0.148 e. The lowest BCUT2D eigenvalue weighted by molar-refractivity contribution is 0.585. The van der Waals surface area contributed by atoms with E-state index in [0.717, 1.165) is 35.5 Å². The Morgan fingerprint density at radius 1 is 1.21 bits per heavy atom. The Balaban J connectivity index is 1.78. The van der Waals surface area contributed by atoms with Crippen LogP contribution in [0.2, 0.25) is 0 Å². The Kier molecular flexibility index (Phi) is 3.56. The molecule has 100 valence electrons. The van der Waals surface area contributed by atoms with Gasteiger partial charge < -0.3 is 5.32 Å². The molecule has 0 amide bonds. The van der Waals surface area contributed by atoms with Crippen molar-refractivity contribution in [2.24, 2.45) is 5.92 Å². The normalized spacial score (nSPS) is 22.8. The lowest BCUT2D eigenvalue weighted by atomic mass is 10.1. The molecule has 19 heavy (non-hydrogen) atoms. The van der Waals surface area contributed by atoms with Gasteiger partial charge in [0.05, 0.1) is 16.7 Å². The number of para-hydroxylation sites is 2. The van der Waals surface area contributed by atoms with Crippen molar-refractivity contribution in [1.82, 2.24) is 9.97 Å². The lowest BCUT2D eigenvalue weighted by Gasteiger charge is -2.16. The highest BCUT2D eigenvalue weighted by atomic mass is 35.5. The number of anilines is 1. The van der Waals surface area contributed by atoms with Crippen LogP contribution in [0.4, 0.5) is 5.82 Å². The highest BCUT2D eigenvalue weighted by Gasteiger charge is 2.25. The molecular weight excluding hydrogens is 258 g/mol. The number of benzene rings is 1. The molecule has 4 heteroatoms. The van der Waals surface area contributed by atoms with Crippen LogP contribution in [0.5, 0.6) is 0 Å². The fourth-order valence-corrected chi connectivity index (χ4v) is 3.07. The highest BCUT2D eigenvalue weighted by Crippen LogP contribution is 2.30. The summed E-state index contributed by atoms with van der Waals surface area (Å²) in [5.74, 6) is 1.43. The van der Waals surface area contributed by atoms with E-state index in [1.807, 2.05) is 31.2 Å². The average molecular weight is 276 g/mol. The van der Waals surface area contributed by atoms with Gasteiger partial charge in [0.2, 0.25) is 0 Å². The maximum atomic E-state index is 6.30. The molecule has 1 fully saturated rings. The highest BCUT2D eigenvalue weighted by molar-refractivity contribution is 6.21. The van der Waals surface area contributed by atoms with E-state index >= 15 is 0 Å². The number of nitrogens with zero attached hydrogens (tertiary/aromatic N) is 2. The Morgan fingerprint density at radius 2 is 1.95 bits per heavy atom. The molecule has 3 rings (SSSR count). The minimum absolute atomic E-state index is 0.307. The van der Waals surface area contributed by atoms with Crippen molar-refractivity contribution in [2.45, 2.75) is 31.6 Å². The van der Waals surface area contributed by atoms with Crippen molar-refractivity contribution >= 4 is 28.5 Å². The van der Waals surface area contributed by atoms with E-state index in [1.54, 1.807) is 0 Å². The first kappa shape index (κ1) is 12.7. The van der Waals surface area contributed by atoms with E-state index in [1.165, 1.54) is 12.8 Å². The Hall–Kier alpha value is -1.35. The zero-order valence-corrected chi connectivity index (χ0v) is 11.8.